The van der Waals surface area contributed by atoms with Crippen molar-refractivity contribution in [2.75, 3.05) is 39.3 Å². The van der Waals surface area contributed by atoms with Gasteiger partial charge in [0.1, 0.15) is 5.75 Å². The van der Waals surface area contributed by atoms with E-state index in [1.54, 1.807) is 12.1 Å². The normalized spacial score (nSPS) is 17.2. The van der Waals surface area contributed by atoms with Crippen molar-refractivity contribution in [1.82, 2.24) is 9.80 Å². The zero-order valence-corrected chi connectivity index (χ0v) is 11.0. The molecule has 0 bridgehead atoms. The molecule has 1 saturated heterocycles. The molecule has 1 fully saturated rings. The van der Waals surface area contributed by atoms with Gasteiger partial charge in [0.25, 0.3) is 5.91 Å². The Balaban J connectivity index is 1.98. The van der Waals surface area contributed by atoms with Gasteiger partial charge in [-0.15, -0.1) is 0 Å². The zero-order valence-electron chi connectivity index (χ0n) is 11.0. The van der Waals surface area contributed by atoms with Crippen LogP contribution < -0.4 is 0 Å². The third kappa shape index (κ3) is 3.68. The fourth-order valence-corrected chi connectivity index (χ4v) is 2.33. The van der Waals surface area contributed by atoms with Gasteiger partial charge in [0.2, 0.25) is 0 Å². The molecule has 1 amide bonds. The van der Waals surface area contributed by atoms with Crippen molar-refractivity contribution < 1.29 is 15.0 Å². The summed E-state index contributed by atoms with van der Waals surface area (Å²) < 4.78 is 0. The smallest absolute Gasteiger partial charge is 0.253 e. The van der Waals surface area contributed by atoms with Gasteiger partial charge in [-0.3, -0.25) is 9.69 Å². The lowest BCUT2D eigenvalue weighted by molar-refractivity contribution is 0.0760. The summed E-state index contributed by atoms with van der Waals surface area (Å²) in [5.74, 6) is 0.174. The Labute approximate surface area is 113 Å². The molecule has 1 aromatic carbocycles. The number of aliphatic hydroxyl groups is 1. The summed E-state index contributed by atoms with van der Waals surface area (Å²) in [7, 11) is 0. The average molecular weight is 264 g/mol. The lowest BCUT2D eigenvalue weighted by atomic mass is 10.2. The molecule has 5 nitrogen and oxygen atoms in total. The zero-order chi connectivity index (χ0) is 13.7. The molecule has 0 atom stereocenters. The first-order chi connectivity index (χ1) is 9.20. The van der Waals surface area contributed by atoms with Crippen molar-refractivity contribution in [2.45, 2.75) is 6.42 Å². The molecule has 0 radical (unpaired) electrons. The fourth-order valence-electron chi connectivity index (χ4n) is 2.33. The van der Waals surface area contributed by atoms with Crippen LogP contribution in [0.25, 0.3) is 0 Å². The predicted molar refractivity (Wildman–Crippen MR) is 72.2 cm³/mol. The third-order valence-electron chi connectivity index (χ3n) is 3.41. The molecule has 19 heavy (non-hydrogen) atoms. The Bertz CT molecular complexity index is 419. The number of phenolic OH excluding ortho intramolecular Hbond substituents is 1. The van der Waals surface area contributed by atoms with Crippen LogP contribution in [0.4, 0.5) is 0 Å². The van der Waals surface area contributed by atoms with E-state index in [0.29, 0.717) is 18.7 Å². The molecule has 0 spiro atoms. The minimum Gasteiger partial charge on any atom is -0.508 e. The summed E-state index contributed by atoms with van der Waals surface area (Å²) in [6.07, 6.45) is 0.920. The van der Waals surface area contributed by atoms with Crippen molar-refractivity contribution in [1.29, 1.82) is 0 Å². The molecular formula is C14H20N2O3. The molecule has 0 aliphatic carbocycles. The number of aliphatic hydroxyl groups excluding tert-OH is 1. The monoisotopic (exact) mass is 264 g/mol. The van der Waals surface area contributed by atoms with E-state index in [4.69, 9.17) is 5.11 Å². The summed E-state index contributed by atoms with van der Waals surface area (Å²) in [5, 5.41) is 18.2. The highest BCUT2D eigenvalue weighted by molar-refractivity contribution is 5.94. The number of phenols is 1. The standard InChI is InChI=1S/C14H20N2O3/c17-11-10-15-6-1-7-16(9-8-15)14(19)12-2-4-13(18)5-3-12/h2-5,17-18H,1,6-11H2. The van der Waals surface area contributed by atoms with E-state index in [1.807, 2.05) is 4.90 Å². The lowest BCUT2D eigenvalue weighted by Crippen LogP contribution is -2.35. The topological polar surface area (TPSA) is 64.0 Å². The first-order valence-corrected chi connectivity index (χ1v) is 6.62. The summed E-state index contributed by atoms with van der Waals surface area (Å²) in [4.78, 5) is 16.3. The molecule has 1 aliphatic rings. The molecule has 104 valence electrons. The summed E-state index contributed by atoms with van der Waals surface area (Å²) in [6.45, 7) is 3.96. The Kier molecular flexibility index (Phi) is 4.76. The predicted octanol–water partition coefficient (Wildman–Crippen LogP) is 0.532. The highest BCUT2D eigenvalue weighted by Gasteiger charge is 2.19. The summed E-state index contributed by atoms with van der Waals surface area (Å²) >= 11 is 0. The fraction of sp³-hybridized carbons (Fsp3) is 0.500. The van der Waals surface area contributed by atoms with E-state index in [1.165, 1.54) is 12.1 Å². The molecule has 2 N–H and O–H groups in total. The van der Waals surface area contributed by atoms with Crippen LogP contribution in [0, 0.1) is 0 Å². The second-order valence-electron chi connectivity index (χ2n) is 4.76. The van der Waals surface area contributed by atoms with Crippen LogP contribution in [0.15, 0.2) is 24.3 Å². The number of benzene rings is 1. The highest BCUT2D eigenvalue weighted by Crippen LogP contribution is 2.13. The third-order valence-corrected chi connectivity index (χ3v) is 3.41. The van der Waals surface area contributed by atoms with Crippen molar-refractivity contribution in [3.05, 3.63) is 29.8 Å². The Morgan fingerprint density at radius 3 is 2.53 bits per heavy atom. The van der Waals surface area contributed by atoms with Crippen LogP contribution in [0.5, 0.6) is 5.75 Å². The number of hydrogen-bond acceptors (Lipinski definition) is 4. The molecule has 2 rings (SSSR count). The minimum atomic E-state index is 0.00542. The number of amides is 1. The van der Waals surface area contributed by atoms with Crippen molar-refractivity contribution >= 4 is 5.91 Å². The van der Waals surface area contributed by atoms with Crippen LogP contribution in [0.2, 0.25) is 0 Å². The Hall–Kier alpha value is -1.59. The number of hydrogen-bond donors (Lipinski definition) is 2. The average Bonchev–Trinajstić information content (AvgIpc) is 2.65. The van der Waals surface area contributed by atoms with Gasteiger partial charge in [0, 0.05) is 31.7 Å². The van der Waals surface area contributed by atoms with Crippen LogP contribution >= 0.6 is 0 Å². The highest BCUT2D eigenvalue weighted by atomic mass is 16.3. The van der Waals surface area contributed by atoms with Gasteiger partial charge in [0.15, 0.2) is 0 Å². The van der Waals surface area contributed by atoms with Gasteiger partial charge < -0.3 is 15.1 Å². The second kappa shape index (κ2) is 6.54. The molecule has 0 unspecified atom stereocenters. The van der Waals surface area contributed by atoms with Crippen LogP contribution in [-0.4, -0.2) is 65.3 Å². The molecule has 1 heterocycles. The molecular weight excluding hydrogens is 244 g/mol. The number of carbonyl (C=O) groups is 1. The molecule has 0 aromatic heterocycles. The maximum Gasteiger partial charge on any atom is 0.253 e. The number of β-amino-alcohol motifs (C(OH)–C–C–N with tert-alkyl or cyclic N) is 1. The maximum absolute atomic E-state index is 12.3. The van der Waals surface area contributed by atoms with E-state index in [9.17, 15) is 9.90 Å². The molecule has 0 saturated carbocycles. The SMILES string of the molecule is O=C(c1ccc(O)cc1)N1CCCN(CCO)CC1. The largest absolute Gasteiger partial charge is 0.508 e. The van der Waals surface area contributed by atoms with Gasteiger partial charge in [-0.1, -0.05) is 0 Å². The van der Waals surface area contributed by atoms with E-state index >= 15 is 0 Å². The second-order valence-corrected chi connectivity index (χ2v) is 4.76. The van der Waals surface area contributed by atoms with E-state index in [2.05, 4.69) is 4.90 Å². The molecule has 5 heteroatoms. The number of rotatable bonds is 3. The summed E-state index contributed by atoms with van der Waals surface area (Å²) in [6, 6.07) is 6.36. The first kappa shape index (κ1) is 13.8. The maximum atomic E-state index is 12.3. The van der Waals surface area contributed by atoms with Gasteiger partial charge in [-0.2, -0.15) is 0 Å². The summed E-state index contributed by atoms with van der Waals surface area (Å²) in [5.41, 5.74) is 0.605. The Morgan fingerprint density at radius 2 is 1.84 bits per heavy atom. The van der Waals surface area contributed by atoms with E-state index < -0.39 is 0 Å². The van der Waals surface area contributed by atoms with Crippen LogP contribution in [-0.2, 0) is 0 Å². The lowest BCUT2D eigenvalue weighted by Gasteiger charge is -2.21. The van der Waals surface area contributed by atoms with Gasteiger partial charge >= 0.3 is 0 Å². The van der Waals surface area contributed by atoms with Gasteiger partial charge in [-0.05, 0) is 37.2 Å². The van der Waals surface area contributed by atoms with Crippen LogP contribution in [0.1, 0.15) is 16.8 Å². The van der Waals surface area contributed by atoms with Gasteiger partial charge in [0.05, 0.1) is 6.61 Å². The van der Waals surface area contributed by atoms with Crippen molar-refractivity contribution in [2.24, 2.45) is 0 Å². The molecule has 1 aliphatic heterocycles. The van der Waals surface area contributed by atoms with E-state index in [-0.39, 0.29) is 18.3 Å². The number of aromatic hydroxyl groups is 1. The minimum absolute atomic E-state index is 0.00542. The van der Waals surface area contributed by atoms with Crippen molar-refractivity contribution in [3.8, 4) is 5.75 Å². The van der Waals surface area contributed by atoms with Gasteiger partial charge in [-0.25, -0.2) is 0 Å². The quantitative estimate of drug-likeness (QED) is 0.836. The van der Waals surface area contributed by atoms with Crippen LogP contribution in [0.3, 0.4) is 0 Å². The first-order valence-electron chi connectivity index (χ1n) is 6.62. The Morgan fingerprint density at radius 1 is 1.11 bits per heavy atom. The van der Waals surface area contributed by atoms with Crippen molar-refractivity contribution in [3.63, 3.8) is 0 Å². The van der Waals surface area contributed by atoms with E-state index in [0.717, 1.165) is 26.1 Å². The molecule has 1 aromatic rings. The number of nitrogens with zero attached hydrogens (tertiary/aromatic N) is 2. The number of carbonyl (C=O) groups excluding carboxylic acids is 1.